The highest BCUT2D eigenvalue weighted by molar-refractivity contribution is 5.95. The molecule has 0 spiro atoms. The monoisotopic (exact) mass is 376 g/mol. The van der Waals surface area contributed by atoms with Crippen LogP contribution in [0.5, 0.6) is 11.5 Å². The van der Waals surface area contributed by atoms with Gasteiger partial charge in [0, 0.05) is 35.7 Å². The van der Waals surface area contributed by atoms with Crippen molar-refractivity contribution < 1.29 is 14.3 Å². The minimum absolute atomic E-state index is 0.0478. The number of hydrogen-bond acceptors (Lipinski definition) is 4. The molecule has 0 aliphatic carbocycles. The van der Waals surface area contributed by atoms with E-state index in [1.807, 2.05) is 35.2 Å². The second kappa shape index (κ2) is 6.71. The Morgan fingerprint density at radius 3 is 2.71 bits per heavy atom. The Bertz CT molecular complexity index is 1140. The lowest BCUT2D eigenvalue weighted by atomic mass is 10.1. The highest BCUT2D eigenvalue weighted by Crippen LogP contribution is 2.34. The number of benzene rings is 2. The molecule has 1 amide bonds. The number of nitrogens with zero attached hydrogens (tertiary/aromatic N) is 1. The second-order valence-corrected chi connectivity index (χ2v) is 7.13. The summed E-state index contributed by atoms with van der Waals surface area (Å²) in [5.74, 6) is 1.37. The van der Waals surface area contributed by atoms with Gasteiger partial charge in [-0.2, -0.15) is 0 Å². The predicted molar refractivity (Wildman–Crippen MR) is 106 cm³/mol. The average molecular weight is 376 g/mol. The number of aromatic nitrogens is 1. The molecular weight excluding hydrogens is 356 g/mol. The molecule has 0 unspecified atom stereocenters. The van der Waals surface area contributed by atoms with Crippen LogP contribution in [-0.4, -0.2) is 30.6 Å². The van der Waals surface area contributed by atoms with E-state index in [1.54, 1.807) is 6.07 Å². The van der Waals surface area contributed by atoms with E-state index in [9.17, 15) is 9.59 Å². The van der Waals surface area contributed by atoms with Crippen LogP contribution in [0.4, 0.5) is 5.69 Å². The van der Waals surface area contributed by atoms with Crippen molar-refractivity contribution in [3.05, 3.63) is 63.9 Å². The maximum absolute atomic E-state index is 12.7. The number of hydrogen-bond donors (Lipinski definition) is 1. The summed E-state index contributed by atoms with van der Waals surface area (Å²) < 4.78 is 11.2. The van der Waals surface area contributed by atoms with Gasteiger partial charge in [-0.1, -0.05) is 18.2 Å². The molecule has 6 nitrogen and oxygen atoms in total. The van der Waals surface area contributed by atoms with Crippen LogP contribution < -0.4 is 19.9 Å². The van der Waals surface area contributed by atoms with Gasteiger partial charge < -0.3 is 19.4 Å². The number of rotatable bonds is 3. The first-order chi connectivity index (χ1) is 13.7. The Morgan fingerprint density at radius 1 is 1.07 bits per heavy atom. The average Bonchev–Trinajstić information content (AvgIpc) is 3.15. The molecule has 1 N–H and O–H groups in total. The van der Waals surface area contributed by atoms with Gasteiger partial charge in [0.15, 0.2) is 11.5 Å². The maximum Gasteiger partial charge on any atom is 0.251 e. The molecule has 2 aliphatic rings. The lowest BCUT2D eigenvalue weighted by molar-refractivity contribution is -0.118. The van der Waals surface area contributed by atoms with Crippen LogP contribution in [0.15, 0.2) is 47.3 Å². The van der Waals surface area contributed by atoms with Crippen molar-refractivity contribution in [3.8, 4) is 11.5 Å². The second-order valence-electron chi connectivity index (χ2n) is 7.13. The van der Waals surface area contributed by atoms with Gasteiger partial charge in [0.1, 0.15) is 13.2 Å². The van der Waals surface area contributed by atoms with Gasteiger partial charge in [-0.3, -0.25) is 9.59 Å². The first kappa shape index (κ1) is 16.9. The number of pyridine rings is 1. The molecule has 28 heavy (non-hydrogen) atoms. The number of ether oxygens (including phenoxy) is 2. The zero-order chi connectivity index (χ0) is 19.1. The van der Waals surface area contributed by atoms with E-state index in [0.29, 0.717) is 55.2 Å². The first-order valence-electron chi connectivity index (χ1n) is 9.53. The first-order valence-corrected chi connectivity index (χ1v) is 9.53. The number of para-hydroxylation sites is 1. The van der Waals surface area contributed by atoms with Crippen LogP contribution in [-0.2, 0) is 17.6 Å². The third kappa shape index (κ3) is 2.91. The molecule has 0 saturated heterocycles. The third-order valence-electron chi connectivity index (χ3n) is 5.38. The van der Waals surface area contributed by atoms with Crippen LogP contribution in [0.25, 0.3) is 10.9 Å². The van der Waals surface area contributed by atoms with Crippen molar-refractivity contribution in [2.24, 2.45) is 0 Å². The molecular formula is C22H20N2O4. The Morgan fingerprint density at radius 2 is 1.86 bits per heavy atom. The van der Waals surface area contributed by atoms with Crippen molar-refractivity contribution >= 4 is 22.5 Å². The fourth-order valence-corrected chi connectivity index (χ4v) is 3.95. The Labute approximate surface area is 161 Å². The van der Waals surface area contributed by atoms with Crippen LogP contribution >= 0.6 is 0 Å². The Hall–Kier alpha value is -3.28. The van der Waals surface area contributed by atoms with Gasteiger partial charge in [-0.15, -0.1) is 0 Å². The standard InChI is InChI=1S/C22H20N2O4/c25-21(24-8-7-14-3-1-2-4-18(14)24)6-5-15-11-16-12-19-20(28-10-9-27-19)13-17(16)23-22(15)26/h1-4,11-13H,5-10H2,(H,23,26). The van der Waals surface area contributed by atoms with Gasteiger partial charge in [0.05, 0.1) is 5.52 Å². The Balaban J connectivity index is 1.37. The molecule has 5 rings (SSSR count). The molecule has 3 heterocycles. The zero-order valence-electron chi connectivity index (χ0n) is 15.4. The van der Waals surface area contributed by atoms with E-state index in [0.717, 1.165) is 17.5 Å². The zero-order valence-corrected chi connectivity index (χ0v) is 15.4. The van der Waals surface area contributed by atoms with Crippen LogP contribution in [0.2, 0.25) is 0 Å². The van der Waals surface area contributed by atoms with Crippen LogP contribution in [0.1, 0.15) is 17.5 Å². The van der Waals surface area contributed by atoms with Crippen molar-refractivity contribution in [2.75, 3.05) is 24.7 Å². The van der Waals surface area contributed by atoms with Gasteiger partial charge in [0.25, 0.3) is 5.56 Å². The van der Waals surface area contributed by atoms with E-state index >= 15 is 0 Å². The minimum Gasteiger partial charge on any atom is -0.486 e. The number of amides is 1. The van der Waals surface area contributed by atoms with E-state index in [2.05, 4.69) is 11.1 Å². The fourth-order valence-electron chi connectivity index (χ4n) is 3.95. The van der Waals surface area contributed by atoms with Gasteiger partial charge in [0.2, 0.25) is 5.91 Å². The fraction of sp³-hybridized carbons (Fsp3) is 0.273. The number of nitrogens with one attached hydrogen (secondary N) is 1. The van der Waals surface area contributed by atoms with Crippen molar-refractivity contribution in [2.45, 2.75) is 19.3 Å². The summed E-state index contributed by atoms with van der Waals surface area (Å²) in [6, 6.07) is 13.5. The molecule has 2 aliphatic heterocycles. The van der Waals surface area contributed by atoms with Gasteiger partial charge in [-0.25, -0.2) is 0 Å². The topological polar surface area (TPSA) is 71.6 Å². The van der Waals surface area contributed by atoms with E-state index in [-0.39, 0.29) is 11.5 Å². The minimum atomic E-state index is -0.168. The molecule has 1 aromatic heterocycles. The molecule has 6 heteroatoms. The van der Waals surface area contributed by atoms with Crippen LogP contribution in [0, 0.1) is 0 Å². The van der Waals surface area contributed by atoms with Crippen LogP contribution in [0.3, 0.4) is 0 Å². The number of aromatic amines is 1. The summed E-state index contributed by atoms with van der Waals surface area (Å²) in [7, 11) is 0. The normalized spacial score (nSPS) is 14.9. The van der Waals surface area contributed by atoms with Crippen molar-refractivity contribution in [1.29, 1.82) is 0 Å². The van der Waals surface area contributed by atoms with E-state index in [4.69, 9.17) is 9.47 Å². The summed E-state index contributed by atoms with van der Waals surface area (Å²) in [6.07, 6.45) is 1.58. The van der Waals surface area contributed by atoms with Gasteiger partial charge in [-0.05, 0) is 36.6 Å². The van der Waals surface area contributed by atoms with E-state index in [1.165, 1.54) is 5.56 Å². The molecule has 0 atom stereocenters. The number of carbonyl (C=O) groups excluding carboxylic acids is 1. The number of carbonyl (C=O) groups is 1. The summed E-state index contributed by atoms with van der Waals surface area (Å²) >= 11 is 0. The number of fused-ring (bicyclic) bond motifs is 3. The molecule has 142 valence electrons. The van der Waals surface area contributed by atoms with Crippen molar-refractivity contribution in [3.63, 3.8) is 0 Å². The van der Waals surface area contributed by atoms with Crippen molar-refractivity contribution in [1.82, 2.24) is 4.98 Å². The summed E-state index contributed by atoms with van der Waals surface area (Å²) in [6.45, 7) is 1.72. The summed E-state index contributed by atoms with van der Waals surface area (Å²) in [5.41, 5.74) is 3.33. The molecule has 0 bridgehead atoms. The lowest BCUT2D eigenvalue weighted by Gasteiger charge is -2.19. The summed E-state index contributed by atoms with van der Waals surface area (Å²) in [5, 5.41) is 0.873. The number of aryl methyl sites for hydroxylation is 1. The summed E-state index contributed by atoms with van der Waals surface area (Å²) in [4.78, 5) is 29.9. The number of H-pyrrole nitrogens is 1. The third-order valence-corrected chi connectivity index (χ3v) is 5.38. The predicted octanol–water partition coefficient (Wildman–Crippen LogP) is 2.82. The quantitative estimate of drug-likeness (QED) is 0.763. The van der Waals surface area contributed by atoms with E-state index < -0.39 is 0 Å². The molecule has 0 fully saturated rings. The Kier molecular flexibility index (Phi) is 4.04. The highest BCUT2D eigenvalue weighted by atomic mass is 16.6. The largest absolute Gasteiger partial charge is 0.486 e. The smallest absolute Gasteiger partial charge is 0.251 e. The highest BCUT2D eigenvalue weighted by Gasteiger charge is 2.24. The molecule has 2 aromatic carbocycles. The molecule has 0 saturated carbocycles. The molecule has 0 radical (unpaired) electrons. The van der Waals surface area contributed by atoms with Gasteiger partial charge >= 0.3 is 0 Å². The SMILES string of the molecule is O=C(CCc1cc2cc3c(cc2[nH]c1=O)OCCO3)N1CCc2ccccc21. The maximum atomic E-state index is 12.7. The molecule has 3 aromatic rings. The lowest BCUT2D eigenvalue weighted by Crippen LogP contribution is -2.29. The number of anilines is 1.